The van der Waals surface area contributed by atoms with Crippen molar-refractivity contribution in [3.8, 4) is 147 Å². The first-order valence-electron chi connectivity index (χ1n) is 45.9. The smallest absolute Gasteiger partial charge is 0.298 e. The quantitative estimate of drug-likeness (QED) is 0.0562. The summed E-state index contributed by atoms with van der Waals surface area (Å²) in [6, 6.07) is 36.0. The number of aromatic nitrogens is 14. The van der Waals surface area contributed by atoms with Crippen molar-refractivity contribution in [2.24, 2.45) is 0 Å². The van der Waals surface area contributed by atoms with Gasteiger partial charge in [-0.2, -0.15) is 41.4 Å². The van der Waals surface area contributed by atoms with E-state index in [-0.39, 0.29) is 25.0 Å². The molecule has 141 heavy (non-hydrogen) atoms. The van der Waals surface area contributed by atoms with Crippen molar-refractivity contribution in [1.82, 2.24) is 88.0 Å². The summed E-state index contributed by atoms with van der Waals surface area (Å²) in [4.78, 5) is 68.0. The molecule has 710 valence electrons. The van der Waals surface area contributed by atoms with Crippen LogP contribution in [0, 0.1) is 94.7 Å². The van der Waals surface area contributed by atoms with Crippen LogP contribution in [0.2, 0.25) is 5.02 Å². The van der Waals surface area contributed by atoms with Crippen molar-refractivity contribution in [3.05, 3.63) is 221 Å². The molecule has 22 rings (SSSR count). The summed E-state index contributed by atoms with van der Waals surface area (Å²) < 4.78 is 35.2. The number of hydrogen-bond donors (Lipinski definition) is 2. The highest BCUT2D eigenvalue weighted by Crippen LogP contribution is 2.43. The number of terminal acetylenes is 4. The Bertz CT molecular complexity index is 7400. The number of carbonyl (C=O) groups is 2. The monoisotopic (exact) mass is 1900 g/mol. The van der Waals surface area contributed by atoms with Gasteiger partial charge in [0.2, 0.25) is 0 Å². The molecule has 14 aromatic heterocycles. The van der Waals surface area contributed by atoms with E-state index in [0.717, 1.165) is 107 Å². The lowest BCUT2D eigenvalue weighted by Gasteiger charge is -2.56. The summed E-state index contributed by atoms with van der Waals surface area (Å²) in [7, 11) is 1.59. The Labute approximate surface area is 819 Å². The summed E-state index contributed by atoms with van der Waals surface area (Å²) in [6.45, 7) is 21.7. The fourth-order valence-electron chi connectivity index (χ4n) is 18.4. The van der Waals surface area contributed by atoms with Crippen molar-refractivity contribution in [2.75, 3.05) is 132 Å². The van der Waals surface area contributed by atoms with Gasteiger partial charge in [0.25, 0.3) is 11.8 Å². The average molecular weight is 1900 g/mol. The Morgan fingerprint density at radius 1 is 0.440 bits per heavy atom. The van der Waals surface area contributed by atoms with E-state index < -0.39 is 11.2 Å². The predicted molar refractivity (Wildman–Crippen MR) is 530 cm³/mol. The maximum atomic E-state index is 11.7. The molecule has 4 atom stereocenters. The zero-order valence-corrected chi connectivity index (χ0v) is 79.4. The second-order valence-electron chi connectivity index (χ2n) is 35.9. The van der Waals surface area contributed by atoms with Gasteiger partial charge in [-0.1, -0.05) is 29.5 Å². The van der Waals surface area contributed by atoms with E-state index in [1.165, 1.54) is 30.8 Å². The van der Waals surface area contributed by atoms with Gasteiger partial charge in [0.15, 0.2) is 11.6 Å². The molecule has 0 radical (unpaired) electrons. The number of piperazine rings is 4. The Kier molecular flexibility index (Phi) is 28.3. The molecule has 0 spiro atoms. The number of nitriles is 4. The summed E-state index contributed by atoms with van der Waals surface area (Å²) in [6.07, 6.45) is 49.5. The highest BCUT2D eigenvalue weighted by molar-refractivity contribution is 6.33. The molecule has 0 aromatic carbocycles. The van der Waals surface area contributed by atoms with Gasteiger partial charge in [0, 0.05) is 209 Å². The number of rotatable bonds is 23. The number of piperidine rings is 2. The minimum absolute atomic E-state index is 0.127. The van der Waals surface area contributed by atoms with Crippen LogP contribution < -0.4 is 43.3 Å². The molecule has 2 amide bonds. The molecule has 8 saturated heterocycles. The van der Waals surface area contributed by atoms with E-state index in [1.54, 1.807) is 118 Å². The fraction of sp³-hybridized carbons (Fsp3) is 0.314. The third-order valence-corrected chi connectivity index (χ3v) is 25.5. The molecule has 35 nitrogen and oxygen atoms in total. The Hall–Kier alpha value is -16.9. The first kappa shape index (κ1) is 95.8. The SMILES string of the molecule is C#CC(=O)N1CCN(c2ncc(-c3cc(OCC)cn4ncc(C#N)c34)cc2Cl)CC1.C#CC(=O)N1CCN(c2ncc(-c3cc(OCC)cn4ncc(C#N)c34)cc2OC)CC1.C#Cc1ccc(CN2C3CC2CN(c2ccc(-c4cc(OCC(C)(C)O)cn5ncc(C#N)c45)cn2)C3)cn1.C#Cc1cncc(CN2C3CC2CN(c2ccc(-c4cc(OCC(C)(C)O)cn5ncc(C#N)c45)cn2)C3)c1. The zero-order valence-electron chi connectivity index (χ0n) is 78.7. The highest BCUT2D eigenvalue weighted by Gasteiger charge is 2.46. The number of pyridine rings is 10. The molecule has 0 saturated carbocycles. The van der Waals surface area contributed by atoms with Crippen LogP contribution in [0.5, 0.6) is 28.7 Å². The first-order valence-corrected chi connectivity index (χ1v) is 46.2. The molecule has 8 fully saturated rings. The summed E-state index contributed by atoms with van der Waals surface area (Å²) >= 11 is 6.60. The molecule has 22 heterocycles. The van der Waals surface area contributed by atoms with Crippen LogP contribution in [-0.2, 0) is 22.7 Å². The summed E-state index contributed by atoms with van der Waals surface area (Å²) in [5.41, 5.74) is 12.8. The number of hydrogen-bond acceptors (Lipinski definition) is 29. The number of aliphatic hydroxyl groups is 2. The number of carbonyl (C=O) groups excluding carboxylic acids is 2. The number of fused-ring (bicyclic) bond motifs is 8. The maximum absolute atomic E-state index is 11.7. The third kappa shape index (κ3) is 21.0. The maximum Gasteiger partial charge on any atom is 0.298 e. The fourth-order valence-corrected chi connectivity index (χ4v) is 18.7. The van der Waals surface area contributed by atoms with Gasteiger partial charge in [-0.3, -0.25) is 24.4 Å². The Morgan fingerprint density at radius 2 is 0.837 bits per heavy atom. The van der Waals surface area contributed by atoms with Crippen molar-refractivity contribution in [3.63, 3.8) is 0 Å². The summed E-state index contributed by atoms with van der Waals surface area (Å²) in [5.74, 6) is 15.1. The van der Waals surface area contributed by atoms with Crippen LogP contribution >= 0.6 is 11.6 Å². The zero-order chi connectivity index (χ0) is 98.9. The number of amides is 2. The molecule has 14 aromatic rings. The van der Waals surface area contributed by atoms with Crippen molar-refractivity contribution < 1.29 is 43.5 Å². The molecule has 36 heteroatoms. The van der Waals surface area contributed by atoms with Crippen LogP contribution in [0.25, 0.3) is 66.6 Å². The number of methoxy groups -OCH3 is 1. The Morgan fingerprint density at radius 3 is 1.20 bits per heavy atom. The molecular formula is C105H99ClN26O9. The number of halogens is 1. The van der Waals surface area contributed by atoms with E-state index in [0.29, 0.717) is 185 Å². The third-order valence-electron chi connectivity index (χ3n) is 25.2. The van der Waals surface area contributed by atoms with Gasteiger partial charge in [0.05, 0.1) is 130 Å². The second kappa shape index (κ2) is 41.6. The van der Waals surface area contributed by atoms with Crippen LogP contribution in [0.3, 0.4) is 0 Å². The molecule has 0 aliphatic carbocycles. The number of ether oxygens (including phenoxy) is 5. The minimum Gasteiger partial charge on any atom is -0.493 e. The van der Waals surface area contributed by atoms with Crippen LogP contribution in [0.4, 0.5) is 23.3 Å². The second-order valence-corrected chi connectivity index (χ2v) is 36.3. The van der Waals surface area contributed by atoms with Gasteiger partial charge in [-0.25, -0.2) is 43.0 Å². The molecule has 8 aliphatic heterocycles. The molecule has 4 bridgehead atoms. The predicted octanol–water partition coefficient (Wildman–Crippen LogP) is 11.1. The van der Waals surface area contributed by atoms with Crippen molar-refractivity contribution in [2.45, 2.75) is 103 Å². The largest absolute Gasteiger partial charge is 0.493 e. The summed E-state index contributed by atoms with van der Waals surface area (Å²) in [5, 5.41) is 76.2. The van der Waals surface area contributed by atoms with E-state index in [9.17, 15) is 40.8 Å². The van der Waals surface area contributed by atoms with E-state index in [4.69, 9.17) is 70.9 Å². The van der Waals surface area contributed by atoms with E-state index >= 15 is 0 Å². The van der Waals surface area contributed by atoms with Gasteiger partial charge >= 0.3 is 0 Å². The van der Waals surface area contributed by atoms with E-state index in [1.807, 2.05) is 116 Å². The molecular weight excluding hydrogens is 1800 g/mol. The number of nitrogens with zero attached hydrogens (tertiary/aromatic N) is 26. The first-order chi connectivity index (χ1) is 68.3. The number of anilines is 4. The van der Waals surface area contributed by atoms with Crippen molar-refractivity contribution >= 4 is 68.8 Å². The van der Waals surface area contributed by atoms with Gasteiger partial charge in [-0.05, 0) is 150 Å². The molecule has 4 unspecified atom stereocenters. The van der Waals surface area contributed by atoms with Gasteiger partial charge < -0.3 is 63.3 Å². The van der Waals surface area contributed by atoms with Crippen LogP contribution in [0.15, 0.2) is 172 Å². The van der Waals surface area contributed by atoms with Gasteiger partial charge in [-0.15, -0.1) is 25.7 Å². The highest BCUT2D eigenvalue weighted by atomic mass is 35.5. The molecule has 8 aliphatic rings. The lowest BCUT2D eigenvalue weighted by atomic mass is 9.87. The standard InChI is InChI=1S/2C30H29N7O2.C23H22N6O3.C22H19ClN6O2/c1-4-23-7-5-20(12-32-23)15-36-24-9-25(36)17-35(16-24)28-8-6-21(13-33-28)27-10-26(39-19-30(2,3)38)18-37-29(27)22(11-31)14-34-37;1-4-20-7-21(12-32-11-20)15-36-24-8-25(36)17-35(16-24)28-6-5-22(13-33-28)27-9-26(39-19-30(2,3)38)18-37-29(27)23(10-31)14-34-37;1-4-21(30)27-6-8-28(9-7-27)23-20(31-3)10-16(13-25-23)19-11-18(32-5-2)15-29-22(19)17(12-24)14-26-29;1-3-20(30)27-5-7-28(8-6-27)22-19(23)9-15(12-25-22)18-10-17(31-4-2)14-29-21(18)16(11-24)13-26-29/h1,5-8,10,12-14,18,24-25,38H,9,15-17,19H2,2-3H3;1,5-7,9,11-14,18,24-25,38H,8,15-17,19H2,2-3H3;1,10-11,13-15H,5-9H2,2-3H3;1,9-10,12-14H,4-8H2,2H3. The Balaban J connectivity index is 0.000000130. The average Bonchev–Trinajstić information content (AvgIpc) is 1.69. The van der Waals surface area contributed by atoms with E-state index in [2.05, 4.69) is 119 Å². The van der Waals surface area contributed by atoms with Crippen LogP contribution in [0.1, 0.15) is 99.0 Å². The lowest BCUT2D eigenvalue weighted by molar-refractivity contribution is -0.126. The lowest BCUT2D eigenvalue weighted by Crippen LogP contribution is -2.68. The van der Waals surface area contributed by atoms with Crippen molar-refractivity contribution in [1.29, 1.82) is 21.0 Å². The minimum atomic E-state index is -0.979. The topological polar surface area (TPSA) is 388 Å². The normalized spacial score (nSPS) is 16.5. The molecule has 2 N–H and O–H groups in total. The van der Waals surface area contributed by atoms with Gasteiger partial charge in [0.1, 0.15) is 83.6 Å². The van der Waals surface area contributed by atoms with Crippen LogP contribution in [-0.4, -0.2) is 257 Å².